The highest BCUT2D eigenvalue weighted by molar-refractivity contribution is 5.70. The molecule has 158 valence electrons. The van der Waals surface area contributed by atoms with Crippen LogP contribution in [0.25, 0.3) is 10.4 Å². The number of halogens is 1. The molecule has 2 N–H and O–H groups in total. The van der Waals surface area contributed by atoms with Crippen LogP contribution in [-0.2, 0) is 23.8 Å². The number of carbonyl (C=O) groups excluding carboxylic acids is 2. The molecule has 4 atom stereocenters. The topological polar surface area (TPSA) is 171 Å². The number of azide groups is 1. The lowest BCUT2D eigenvalue weighted by atomic mass is 9.96. The number of hydrogen-bond acceptors (Lipinski definition) is 9. The quantitative estimate of drug-likeness (QED) is 0.285. The second-order valence-electron chi connectivity index (χ2n) is 6.23. The maximum Gasteiger partial charge on any atom is 0.351 e. The van der Waals surface area contributed by atoms with Gasteiger partial charge in [-0.1, -0.05) is 19.0 Å². The molecule has 1 aromatic heterocycles. The molecule has 0 aliphatic carbocycles. The predicted octanol–water partition coefficient (Wildman–Crippen LogP) is 1.02. The zero-order chi connectivity index (χ0) is 21.6. The summed E-state index contributed by atoms with van der Waals surface area (Å²) in [6.07, 6.45) is -4.12. The fraction of sp³-hybridized carbons (Fsp3) is 0.625. The van der Waals surface area contributed by atoms with Gasteiger partial charge in [-0.15, -0.1) is 0 Å². The van der Waals surface area contributed by atoms with Gasteiger partial charge >= 0.3 is 17.6 Å². The van der Waals surface area contributed by atoms with Crippen molar-refractivity contribution in [2.45, 2.75) is 50.8 Å². The van der Waals surface area contributed by atoms with Crippen molar-refractivity contribution in [1.29, 1.82) is 0 Å². The number of nitrogen functional groups attached to an aromatic ring is 1. The van der Waals surface area contributed by atoms with Gasteiger partial charge in [0.15, 0.2) is 24.1 Å². The lowest BCUT2D eigenvalue weighted by molar-refractivity contribution is -0.176. The standard InChI is InChI=1S/C16H21FN6O6/c1-3-10(24)27-8-16(7-20-22-19)13(28-11(25)4-2)12(17)14(29-16)23-6-5-9(18)21-15(23)26/h5-6,12-14H,3-4,7-8H2,1-2H3,(H2,18,21,26)/t12-,13+,14-,16-/m1/s1. The Hall–Kier alpha value is -3.18. The van der Waals surface area contributed by atoms with Gasteiger partial charge in [0.25, 0.3) is 0 Å². The van der Waals surface area contributed by atoms with E-state index in [2.05, 4.69) is 15.0 Å². The van der Waals surface area contributed by atoms with Crippen molar-refractivity contribution in [1.82, 2.24) is 9.55 Å². The molecular weight excluding hydrogens is 391 g/mol. The summed E-state index contributed by atoms with van der Waals surface area (Å²) in [4.78, 5) is 41.8. The van der Waals surface area contributed by atoms with Crippen LogP contribution in [0.2, 0.25) is 0 Å². The van der Waals surface area contributed by atoms with Crippen molar-refractivity contribution in [3.05, 3.63) is 33.2 Å². The van der Waals surface area contributed by atoms with E-state index in [0.717, 1.165) is 4.57 Å². The van der Waals surface area contributed by atoms with E-state index in [9.17, 15) is 14.4 Å². The third kappa shape index (κ3) is 4.81. The van der Waals surface area contributed by atoms with E-state index >= 15 is 4.39 Å². The van der Waals surface area contributed by atoms with Crippen molar-refractivity contribution in [2.75, 3.05) is 18.9 Å². The van der Waals surface area contributed by atoms with Crippen LogP contribution in [0.5, 0.6) is 0 Å². The Bertz CT molecular complexity index is 872. The number of hydrogen-bond donors (Lipinski definition) is 1. The molecule has 1 aliphatic rings. The molecule has 1 aromatic rings. The third-order valence-electron chi connectivity index (χ3n) is 4.28. The van der Waals surface area contributed by atoms with E-state index in [1.165, 1.54) is 19.2 Å². The lowest BCUT2D eigenvalue weighted by Gasteiger charge is -2.31. The molecule has 0 saturated carbocycles. The van der Waals surface area contributed by atoms with Gasteiger partial charge in [0, 0.05) is 24.0 Å². The van der Waals surface area contributed by atoms with Crippen molar-refractivity contribution in [3.8, 4) is 0 Å². The minimum atomic E-state index is -2.05. The van der Waals surface area contributed by atoms with Crippen LogP contribution in [0.4, 0.5) is 10.2 Å². The SMILES string of the molecule is CCC(=O)OC[C@@]1(CN=[N+]=[N-])O[C@@H](n2ccc(N)nc2=O)[C@H](F)[C@@H]1OC(=O)CC. The van der Waals surface area contributed by atoms with Crippen LogP contribution in [0, 0.1) is 0 Å². The van der Waals surface area contributed by atoms with Gasteiger partial charge in [0.05, 0.1) is 6.54 Å². The van der Waals surface area contributed by atoms with Crippen molar-refractivity contribution >= 4 is 17.8 Å². The fourth-order valence-corrected chi connectivity index (χ4v) is 2.78. The highest BCUT2D eigenvalue weighted by Gasteiger charge is 2.59. The number of anilines is 1. The Labute approximate surface area is 164 Å². The third-order valence-corrected chi connectivity index (χ3v) is 4.28. The van der Waals surface area contributed by atoms with Crippen LogP contribution in [0.15, 0.2) is 22.2 Å². The second-order valence-corrected chi connectivity index (χ2v) is 6.23. The van der Waals surface area contributed by atoms with E-state index < -0.39 is 54.9 Å². The van der Waals surface area contributed by atoms with E-state index in [4.69, 9.17) is 25.5 Å². The molecule has 0 unspecified atom stereocenters. The van der Waals surface area contributed by atoms with E-state index in [0.29, 0.717) is 0 Å². The summed E-state index contributed by atoms with van der Waals surface area (Å²) in [5.74, 6) is -1.46. The smallest absolute Gasteiger partial charge is 0.351 e. The first-order chi connectivity index (χ1) is 13.8. The van der Waals surface area contributed by atoms with Gasteiger partial charge in [-0.2, -0.15) is 4.98 Å². The first kappa shape index (κ1) is 22.1. The number of carbonyl (C=O) groups is 2. The van der Waals surface area contributed by atoms with Gasteiger partial charge < -0.3 is 19.9 Å². The zero-order valence-electron chi connectivity index (χ0n) is 15.9. The van der Waals surface area contributed by atoms with E-state index in [-0.39, 0.29) is 18.7 Å². The number of nitrogens with two attached hydrogens (primary N) is 1. The summed E-state index contributed by atoms with van der Waals surface area (Å²) in [7, 11) is 0. The Morgan fingerprint density at radius 1 is 1.45 bits per heavy atom. The Kier molecular flexibility index (Phi) is 7.13. The first-order valence-corrected chi connectivity index (χ1v) is 8.80. The minimum absolute atomic E-state index is 0.0286. The van der Waals surface area contributed by atoms with Crippen molar-refractivity contribution in [2.24, 2.45) is 5.11 Å². The summed E-state index contributed by atoms with van der Waals surface area (Å²) in [6, 6.07) is 1.26. The minimum Gasteiger partial charge on any atom is -0.462 e. The number of rotatable bonds is 8. The largest absolute Gasteiger partial charge is 0.462 e. The van der Waals surface area contributed by atoms with Gasteiger partial charge in [0.1, 0.15) is 12.4 Å². The summed E-state index contributed by atoms with van der Waals surface area (Å²) < 4.78 is 32.2. The molecule has 0 bridgehead atoms. The number of esters is 2. The molecule has 0 aromatic carbocycles. The van der Waals surface area contributed by atoms with Crippen LogP contribution >= 0.6 is 0 Å². The van der Waals surface area contributed by atoms with Gasteiger partial charge in [-0.05, 0) is 11.6 Å². The van der Waals surface area contributed by atoms with Crippen LogP contribution in [-0.4, -0.2) is 52.5 Å². The average Bonchev–Trinajstić information content (AvgIpc) is 2.96. The molecule has 0 spiro atoms. The normalized spacial score (nSPS) is 25.8. The monoisotopic (exact) mass is 412 g/mol. The molecule has 13 heteroatoms. The average molecular weight is 412 g/mol. The molecule has 1 fully saturated rings. The van der Waals surface area contributed by atoms with Crippen LogP contribution < -0.4 is 11.4 Å². The van der Waals surface area contributed by atoms with Gasteiger partial charge in [-0.3, -0.25) is 14.2 Å². The maximum atomic E-state index is 15.3. The molecule has 1 aliphatic heterocycles. The Balaban J connectivity index is 2.49. The molecule has 29 heavy (non-hydrogen) atoms. The number of ether oxygens (including phenoxy) is 3. The zero-order valence-corrected chi connectivity index (χ0v) is 15.9. The molecule has 0 radical (unpaired) electrons. The molecule has 1 saturated heterocycles. The van der Waals surface area contributed by atoms with Crippen LogP contribution in [0.1, 0.15) is 32.9 Å². The maximum absolute atomic E-state index is 15.3. The molecular formula is C16H21FN6O6. The van der Waals surface area contributed by atoms with Crippen molar-refractivity contribution in [3.63, 3.8) is 0 Å². The van der Waals surface area contributed by atoms with Gasteiger partial charge in [-0.25, -0.2) is 9.18 Å². The highest BCUT2D eigenvalue weighted by atomic mass is 19.1. The van der Waals surface area contributed by atoms with Crippen molar-refractivity contribution < 1.29 is 28.2 Å². The van der Waals surface area contributed by atoms with E-state index in [1.54, 1.807) is 6.92 Å². The molecule has 12 nitrogen and oxygen atoms in total. The fourth-order valence-electron chi connectivity index (χ4n) is 2.78. The first-order valence-electron chi connectivity index (χ1n) is 8.80. The second kappa shape index (κ2) is 9.34. The summed E-state index contributed by atoms with van der Waals surface area (Å²) >= 11 is 0. The Morgan fingerprint density at radius 3 is 2.72 bits per heavy atom. The number of aromatic nitrogens is 2. The van der Waals surface area contributed by atoms with Gasteiger partial charge in [0.2, 0.25) is 0 Å². The summed E-state index contributed by atoms with van der Waals surface area (Å²) in [5.41, 5.74) is 11.4. The Morgan fingerprint density at radius 2 is 2.14 bits per heavy atom. The summed E-state index contributed by atoms with van der Waals surface area (Å²) in [6.45, 7) is 1.97. The molecule has 0 amide bonds. The number of alkyl halides is 1. The number of nitrogens with zero attached hydrogens (tertiary/aromatic N) is 5. The highest BCUT2D eigenvalue weighted by Crippen LogP contribution is 2.41. The van der Waals surface area contributed by atoms with Crippen LogP contribution in [0.3, 0.4) is 0 Å². The molecule has 2 heterocycles. The predicted molar refractivity (Wildman–Crippen MR) is 96.1 cm³/mol. The lowest BCUT2D eigenvalue weighted by Crippen LogP contribution is -2.51. The van der Waals surface area contributed by atoms with E-state index in [1.807, 2.05) is 0 Å². The molecule has 2 rings (SSSR count). The summed E-state index contributed by atoms with van der Waals surface area (Å²) in [5, 5.41) is 3.40.